The Morgan fingerprint density at radius 2 is 1.92 bits per heavy atom. The Morgan fingerprint density at radius 3 is 2.68 bits per heavy atom. The topological polar surface area (TPSA) is 20.3 Å². The molecule has 0 bridgehead atoms. The fourth-order valence-electron chi connectivity index (χ4n) is 2.82. The van der Waals surface area contributed by atoms with Crippen LogP contribution < -0.4 is 0 Å². The molecule has 0 aliphatic carbocycles. The van der Waals surface area contributed by atoms with Crippen LogP contribution in [-0.4, -0.2) is 29.6 Å². The van der Waals surface area contributed by atoms with Crippen molar-refractivity contribution in [1.82, 2.24) is 4.90 Å². The highest BCUT2D eigenvalue weighted by atomic mass is 35.5. The van der Waals surface area contributed by atoms with Gasteiger partial charge in [-0.25, -0.2) is 4.39 Å². The van der Waals surface area contributed by atoms with Gasteiger partial charge >= 0.3 is 0 Å². The molecule has 0 N–H and O–H groups in total. The Morgan fingerprint density at radius 1 is 1.16 bits per heavy atom. The Kier molecular flexibility index (Phi) is 6.16. The van der Waals surface area contributed by atoms with Gasteiger partial charge in [0.05, 0.1) is 0 Å². The predicted molar refractivity (Wildman–Crippen MR) is 103 cm³/mol. The Hall–Kier alpha value is -1.78. The van der Waals surface area contributed by atoms with E-state index in [1.165, 1.54) is 6.07 Å². The van der Waals surface area contributed by atoms with E-state index < -0.39 is 0 Å². The van der Waals surface area contributed by atoms with E-state index in [0.29, 0.717) is 18.1 Å². The van der Waals surface area contributed by atoms with Crippen molar-refractivity contribution in [1.29, 1.82) is 0 Å². The smallest absolute Gasteiger partial charge is 0.246 e. The van der Waals surface area contributed by atoms with Gasteiger partial charge in [-0.1, -0.05) is 41.9 Å². The van der Waals surface area contributed by atoms with Gasteiger partial charge < -0.3 is 4.90 Å². The summed E-state index contributed by atoms with van der Waals surface area (Å²) < 4.78 is 14.0. The van der Waals surface area contributed by atoms with E-state index in [-0.39, 0.29) is 17.0 Å². The van der Waals surface area contributed by atoms with Crippen LogP contribution in [0.5, 0.6) is 0 Å². The van der Waals surface area contributed by atoms with Gasteiger partial charge in [0, 0.05) is 40.8 Å². The van der Waals surface area contributed by atoms with E-state index in [9.17, 15) is 9.18 Å². The molecule has 1 unspecified atom stereocenters. The molecule has 25 heavy (non-hydrogen) atoms. The van der Waals surface area contributed by atoms with Crippen LogP contribution in [0.25, 0.3) is 6.08 Å². The second-order valence-electron chi connectivity index (χ2n) is 5.88. The summed E-state index contributed by atoms with van der Waals surface area (Å²) in [5.74, 6) is 0.631. The number of carbonyl (C=O) groups excluding carboxylic acids is 1. The van der Waals surface area contributed by atoms with Gasteiger partial charge in [-0.3, -0.25) is 4.79 Å². The maximum atomic E-state index is 14.0. The van der Waals surface area contributed by atoms with Gasteiger partial charge in [0.25, 0.3) is 0 Å². The van der Waals surface area contributed by atoms with Gasteiger partial charge in [-0.05, 0) is 36.3 Å². The molecule has 2 aromatic carbocycles. The molecule has 1 saturated heterocycles. The van der Waals surface area contributed by atoms with Crippen molar-refractivity contribution < 1.29 is 9.18 Å². The summed E-state index contributed by atoms with van der Waals surface area (Å²) in [6, 6.07) is 14.3. The normalized spacial score (nSPS) is 18.3. The lowest BCUT2D eigenvalue weighted by atomic mass is 10.1. The minimum absolute atomic E-state index is 0.00951. The molecule has 1 fully saturated rings. The van der Waals surface area contributed by atoms with Crippen LogP contribution in [0.4, 0.5) is 4.39 Å². The summed E-state index contributed by atoms with van der Waals surface area (Å²) in [5, 5.41) is 0.770. The largest absolute Gasteiger partial charge is 0.338 e. The minimum Gasteiger partial charge on any atom is -0.338 e. The van der Waals surface area contributed by atoms with Crippen LogP contribution in [0.3, 0.4) is 0 Å². The van der Waals surface area contributed by atoms with E-state index in [1.54, 1.807) is 42.1 Å². The van der Waals surface area contributed by atoms with Crippen molar-refractivity contribution in [3.8, 4) is 0 Å². The van der Waals surface area contributed by atoms with Gasteiger partial charge in [0.2, 0.25) is 5.91 Å². The molecule has 1 aliphatic rings. The third kappa shape index (κ3) is 4.86. The first-order valence-corrected chi connectivity index (χ1v) is 9.65. The highest BCUT2D eigenvalue weighted by Gasteiger charge is 2.22. The maximum Gasteiger partial charge on any atom is 0.246 e. The second-order valence-corrected chi connectivity index (χ2v) is 7.63. The minimum atomic E-state index is -0.164. The highest BCUT2D eigenvalue weighted by Crippen LogP contribution is 2.35. The van der Waals surface area contributed by atoms with Gasteiger partial charge in [0.15, 0.2) is 0 Å². The third-order valence-corrected chi connectivity index (χ3v) is 5.76. The number of benzene rings is 2. The molecule has 5 heteroatoms. The summed E-state index contributed by atoms with van der Waals surface area (Å²) in [6.07, 6.45) is 4.15. The average molecular weight is 376 g/mol. The predicted octanol–water partition coefficient (Wildman–Crippen LogP) is 5.20. The van der Waals surface area contributed by atoms with Crippen molar-refractivity contribution in [3.05, 3.63) is 76.6 Å². The van der Waals surface area contributed by atoms with Crippen LogP contribution in [0.1, 0.15) is 22.8 Å². The molecule has 0 aromatic heterocycles. The van der Waals surface area contributed by atoms with Crippen molar-refractivity contribution in [3.63, 3.8) is 0 Å². The van der Waals surface area contributed by atoms with Gasteiger partial charge in [-0.15, -0.1) is 0 Å². The summed E-state index contributed by atoms with van der Waals surface area (Å²) in [6.45, 7) is 1.31. The molecule has 2 nitrogen and oxygen atoms in total. The van der Waals surface area contributed by atoms with Gasteiger partial charge in [-0.2, -0.15) is 11.8 Å². The number of hydrogen-bond acceptors (Lipinski definition) is 2. The summed E-state index contributed by atoms with van der Waals surface area (Å²) >= 11 is 7.58. The first kappa shape index (κ1) is 18.0. The number of nitrogens with zero attached hydrogens (tertiary/aromatic N) is 1. The fourth-order valence-corrected chi connectivity index (χ4v) is 4.20. The van der Waals surface area contributed by atoms with Crippen LogP contribution in [-0.2, 0) is 4.79 Å². The van der Waals surface area contributed by atoms with Crippen LogP contribution in [0, 0.1) is 5.82 Å². The Balaban J connectivity index is 1.61. The van der Waals surface area contributed by atoms with Crippen molar-refractivity contribution >= 4 is 35.3 Å². The number of amides is 1. The number of halogens is 2. The summed E-state index contributed by atoms with van der Waals surface area (Å²) in [4.78, 5) is 14.3. The lowest BCUT2D eigenvalue weighted by Gasteiger charge is -2.18. The zero-order valence-electron chi connectivity index (χ0n) is 13.7. The maximum absolute atomic E-state index is 14.0. The highest BCUT2D eigenvalue weighted by molar-refractivity contribution is 7.99. The molecule has 0 radical (unpaired) electrons. The lowest BCUT2D eigenvalue weighted by molar-refractivity contribution is -0.125. The fraction of sp³-hybridized carbons (Fsp3) is 0.250. The Labute approximate surface area is 156 Å². The number of carbonyl (C=O) groups is 1. The van der Waals surface area contributed by atoms with Crippen LogP contribution >= 0.6 is 23.4 Å². The Bertz CT molecular complexity index is 763. The number of rotatable bonds is 3. The number of hydrogen-bond donors (Lipinski definition) is 0. The van der Waals surface area contributed by atoms with Crippen molar-refractivity contribution in [2.45, 2.75) is 11.7 Å². The summed E-state index contributed by atoms with van der Waals surface area (Å²) in [7, 11) is 0. The zero-order valence-corrected chi connectivity index (χ0v) is 15.3. The molecule has 130 valence electrons. The summed E-state index contributed by atoms with van der Waals surface area (Å²) in [5.41, 5.74) is 1.67. The molecule has 1 atom stereocenters. The molecule has 1 heterocycles. The molecule has 0 saturated carbocycles. The lowest BCUT2D eigenvalue weighted by Crippen LogP contribution is -2.31. The molecule has 1 amide bonds. The molecule has 1 aliphatic heterocycles. The number of thioether (sulfide) groups is 1. The monoisotopic (exact) mass is 375 g/mol. The zero-order chi connectivity index (χ0) is 17.6. The van der Waals surface area contributed by atoms with E-state index in [1.807, 2.05) is 29.2 Å². The first-order valence-electron chi connectivity index (χ1n) is 8.22. The van der Waals surface area contributed by atoms with Crippen molar-refractivity contribution in [2.24, 2.45) is 0 Å². The van der Waals surface area contributed by atoms with E-state index in [4.69, 9.17) is 11.6 Å². The van der Waals surface area contributed by atoms with Crippen LogP contribution in [0.15, 0.2) is 54.6 Å². The van der Waals surface area contributed by atoms with E-state index >= 15 is 0 Å². The SMILES string of the molecule is O=C(/C=C/c1ccc(Cl)cc1)N1CCSC(c2ccccc2F)CC1. The van der Waals surface area contributed by atoms with E-state index in [0.717, 1.165) is 23.3 Å². The van der Waals surface area contributed by atoms with E-state index in [2.05, 4.69) is 0 Å². The average Bonchev–Trinajstić information content (AvgIpc) is 2.87. The van der Waals surface area contributed by atoms with Crippen molar-refractivity contribution in [2.75, 3.05) is 18.8 Å². The first-order chi connectivity index (χ1) is 12.1. The second kappa shape index (κ2) is 8.54. The molecule has 0 spiro atoms. The van der Waals surface area contributed by atoms with Crippen LogP contribution in [0.2, 0.25) is 5.02 Å². The molecular formula is C20H19ClFNOS. The molecular weight excluding hydrogens is 357 g/mol. The van der Waals surface area contributed by atoms with Gasteiger partial charge in [0.1, 0.15) is 5.82 Å². The molecule has 3 rings (SSSR count). The molecule has 2 aromatic rings. The standard InChI is InChI=1S/C20H19ClFNOS/c21-16-8-5-15(6-9-16)7-10-20(24)23-12-11-19(25-14-13-23)17-3-1-2-4-18(17)22/h1-10,19H,11-14H2/b10-7+. The third-order valence-electron chi connectivity index (χ3n) is 4.19. The quantitative estimate of drug-likeness (QED) is 0.687.